The van der Waals surface area contributed by atoms with Crippen molar-refractivity contribution >= 4 is 15.9 Å². The number of hydrogen-bond donors (Lipinski definition) is 1. The van der Waals surface area contributed by atoms with Crippen LogP contribution in [0.3, 0.4) is 0 Å². The number of sulfone groups is 1. The fourth-order valence-electron chi connectivity index (χ4n) is 5.48. The van der Waals surface area contributed by atoms with Gasteiger partial charge in [-0.15, -0.1) is 0 Å². The lowest BCUT2D eigenvalue weighted by Crippen LogP contribution is -2.26. The second kappa shape index (κ2) is 17.8. The minimum absolute atomic E-state index is 0.0347. The Kier molecular flexibility index (Phi) is 13.6. The molecule has 0 aliphatic carbocycles. The van der Waals surface area contributed by atoms with Crippen LogP contribution in [0.4, 0.5) is 4.79 Å². The molecule has 4 rings (SSSR count). The normalized spacial score (nSPS) is 15.9. The molecule has 1 fully saturated rings. The SMILES string of the molecule is CCCOc1c(OCCCNC(=O)OCc2ccccc2)cc([C@@H]2CC[C@@H](c3cc(OC)c(OC)c(OC)c3)O2)cc1S(=O)(=O)CCC. The largest absolute Gasteiger partial charge is 0.493 e. The molecule has 1 aliphatic heterocycles. The molecule has 1 heterocycles. The number of carbonyl (C=O) groups excluding carboxylic acids is 1. The molecule has 0 saturated carbocycles. The molecule has 0 unspecified atom stereocenters. The van der Waals surface area contributed by atoms with E-state index in [1.165, 1.54) is 0 Å². The van der Waals surface area contributed by atoms with Crippen LogP contribution in [0.1, 0.15) is 74.8 Å². The predicted molar refractivity (Wildman–Crippen MR) is 181 cm³/mol. The molecule has 0 radical (unpaired) electrons. The number of carbonyl (C=O) groups is 1. The van der Waals surface area contributed by atoms with E-state index in [-0.39, 0.29) is 35.7 Å². The van der Waals surface area contributed by atoms with Gasteiger partial charge in [-0.2, -0.15) is 0 Å². The summed E-state index contributed by atoms with van der Waals surface area (Å²) in [5, 5.41) is 2.73. The van der Waals surface area contributed by atoms with E-state index in [9.17, 15) is 13.2 Å². The summed E-state index contributed by atoms with van der Waals surface area (Å²) >= 11 is 0. The minimum atomic E-state index is -3.69. The Morgan fingerprint density at radius 1 is 0.812 bits per heavy atom. The summed E-state index contributed by atoms with van der Waals surface area (Å²) in [5.74, 6) is 2.03. The molecule has 3 aromatic rings. The van der Waals surface area contributed by atoms with E-state index in [1.807, 2.05) is 56.3 Å². The van der Waals surface area contributed by atoms with E-state index in [1.54, 1.807) is 33.5 Å². The van der Waals surface area contributed by atoms with Gasteiger partial charge in [0, 0.05) is 6.54 Å². The first-order valence-electron chi connectivity index (χ1n) is 16.3. The van der Waals surface area contributed by atoms with Crippen LogP contribution in [0.5, 0.6) is 28.7 Å². The quantitative estimate of drug-likeness (QED) is 0.140. The molecule has 3 aromatic carbocycles. The Balaban J connectivity index is 1.52. The van der Waals surface area contributed by atoms with Crippen LogP contribution < -0.4 is 29.0 Å². The van der Waals surface area contributed by atoms with Crippen LogP contribution in [0.15, 0.2) is 59.5 Å². The van der Waals surface area contributed by atoms with Crippen molar-refractivity contribution in [2.45, 2.75) is 69.7 Å². The fourth-order valence-corrected chi connectivity index (χ4v) is 6.99. The lowest BCUT2D eigenvalue weighted by molar-refractivity contribution is 0.0434. The molecule has 0 spiro atoms. The fraction of sp³-hybridized carbons (Fsp3) is 0.472. The summed E-state index contributed by atoms with van der Waals surface area (Å²) < 4.78 is 67.7. The first-order valence-corrected chi connectivity index (χ1v) is 18.0. The van der Waals surface area contributed by atoms with Crippen molar-refractivity contribution in [3.63, 3.8) is 0 Å². The number of rotatable bonds is 18. The summed E-state index contributed by atoms with van der Waals surface area (Å²) in [5.41, 5.74) is 2.44. The average molecular weight is 686 g/mol. The number of hydrogen-bond acceptors (Lipinski definition) is 10. The number of amides is 1. The Bertz CT molecular complexity index is 1570. The minimum Gasteiger partial charge on any atom is -0.493 e. The van der Waals surface area contributed by atoms with Crippen molar-refractivity contribution in [1.29, 1.82) is 0 Å². The third-order valence-corrected chi connectivity index (χ3v) is 9.73. The molecule has 1 saturated heterocycles. The summed E-state index contributed by atoms with van der Waals surface area (Å²) in [6, 6.07) is 16.6. The standard InChI is InChI=1S/C36H47NO10S/c1-6-17-45-35-32(44-18-11-16-37-36(38)46-24-25-12-9-8-10-13-25)22-27(23-33(35)48(39,40)19-7-2)29-15-14-28(47-29)26-20-30(41-3)34(43-5)31(21-26)42-4/h8-10,12-13,20-23,28-29H,6-7,11,14-19,24H2,1-5H3,(H,37,38)/t28-,29-/m0/s1. The Morgan fingerprint density at radius 2 is 1.46 bits per heavy atom. The lowest BCUT2D eigenvalue weighted by Gasteiger charge is -2.21. The second-order valence-electron chi connectivity index (χ2n) is 11.4. The van der Waals surface area contributed by atoms with E-state index >= 15 is 0 Å². The third kappa shape index (κ3) is 9.47. The van der Waals surface area contributed by atoms with Gasteiger partial charge >= 0.3 is 6.09 Å². The molecule has 262 valence electrons. The van der Waals surface area contributed by atoms with Gasteiger partial charge in [0.2, 0.25) is 5.75 Å². The molecule has 12 heteroatoms. The maximum Gasteiger partial charge on any atom is 0.407 e. The van der Waals surface area contributed by atoms with Crippen molar-refractivity contribution in [3.05, 3.63) is 71.3 Å². The number of nitrogens with one attached hydrogen (secondary N) is 1. The van der Waals surface area contributed by atoms with Crippen molar-refractivity contribution in [3.8, 4) is 28.7 Å². The maximum absolute atomic E-state index is 13.6. The van der Waals surface area contributed by atoms with E-state index in [0.717, 1.165) is 11.1 Å². The van der Waals surface area contributed by atoms with E-state index in [0.29, 0.717) is 73.8 Å². The van der Waals surface area contributed by atoms with Crippen LogP contribution in [0.2, 0.25) is 0 Å². The topological polar surface area (TPSA) is 128 Å². The van der Waals surface area contributed by atoms with Crippen molar-refractivity contribution in [2.24, 2.45) is 0 Å². The van der Waals surface area contributed by atoms with Gasteiger partial charge in [-0.05, 0) is 73.1 Å². The smallest absolute Gasteiger partial charge is 0.407 e. The van der Waals surface area contributed by atoms with E-state index in [4.69, 9.17) is 33.2 Å². The molecular formula is C36H47NO10S. The highest BCUT2D eigenvalue weighted by Crippen LogP contribution is 2.48. The van der Waals surface area contributed by atoms with Crippen LogP contribution in [-0.2, 0) is 25.9 Å². The first kappa shape index (κ1) is 36.7. The Hall–Kier alpha value is -4.16. The molecule has 11 nitrogen and oxygen atoms in total. The summed E-state index contributed by atoms with van der Waals surface area (Å²) in [6.07, 6.45) is 1.73. The van der Waals surface area contributed by atoms with Gasteiger partial charge in [0.05, 0.1) is 52.5 Å². The van der Waals surface area contributed by atoms with Crippen molar-refractivity contribution in [2.75, 3.05) is 46.8 Å². The molecule has 1 aliphatic rings. The van der Waals surface area contributed by atoms with Crippen LogP contribution in [-0.4, -0.2) is 61.4 Å². The van der Waals surface area contributed by atoms with Crippen molar-refractivity contribution < 1.29 is 46.4 Å². The van der Waals surface area contributed by atoms with E-state index < -0.39 is 22.0 Å². The molecule has 0 aromatic heterocycles. The zero-order valence-electron chi connectivity index (χ0n) is 28.4. The van der Waals surface area contributed by atoms with Gasteiger partial charge in [-0.3, -0.25) is 0 Å². The van der Waals surface area contributed by atoms with Crippen LogP contribution >= 0.6 is 0 Å². The first-order chi connectivity index (χ1) is 23.2. The molecule has 1 N–H and O–H groups in total. The Labute approximate surface area is 283 Å². The molecule has 1 amide bonds. The zero-order chi connectivity index (χ0) is 34.5. The third-order valence-electron chi connectivity index (χ3n) is 7.81. The summed E-state index contributed by atoms with van der Waals surface area (Å²) in [6.45, 7) is 4.78. The maximum atomic E-state index is 13.6. The van der Waals surface area contributed by atoms with Gasteiger partial charge < -0.3 is 38.5 Å². The van der Waals surface area contributed by atoms with Gasteiger partial charge in [-0.25, -0.2) is 13.2 Å². The second-order valence-corrected chi connectivity index (χ2v) is 13.4. The van der Waals surface area contributed by atoms with Crippen LogP contribution in [0.25, 0.3) is 0 Å². The highest BCUT2D eigenvalue weighted by molar-refractivity contribution is 7.91. The van der Waals surface area contributed by atoms with E-state index in [2.05, 4.69) is 5.32 Å². The molecule has 2 atom stereocenters. The highest BCUT2D eigenvalue weighted by atomic mass is 32.2. The van der Waals surface area contributed by atoms with Gasteiger partial charge in [-0.1, -0.05) is 44.2 Å². The van der Waals surface area contributed by atoms with Crippen molar-refractivity contribution in [1.82, 2.24) is 5.32 Å². The van der Waals surface area contributed by atoms with Gasteiger partial charge in [0.15, 0.2) is 32.8 Å². The Morgan fingerprint density at radius 3 is 2.06 bits per heavy atom. The number of methoxy groups -OCH3 is 3. The zero-order valence-corrected chi connectivity index (χ0v) is 29.2. The van der Waals surface area contributed by atoms with Gasteiger partial charge in [0.1, 0.15) is 11.5 Å². The number of benzene rings is 3. The summed E-state index contributed by atoms with van der Waals surface area (Å²) in [7, 11) is 0.988. The average Bonchev–Trinajstić information content (AvgIpc) is 3.60. The molecule has 48 heavy (non-hydrogen) atoms. The lowest BCUT2D eigenvalue weighted by atomic mass is 10.0. The monoisotopic (exact) mass is 685 g/mol. The molecule has 0 bridgehead atoms. The number of ether oxygens (including phenoxy) is 7. The predicted octanol–water partition coefficient (Wildman–Crippen LogP) is 6.97. The highest BCUT2D eigenvalue weighted by Gasteiger charge is 2.33. The van der Waals surface area contributed by atoms with Crippen LogP contribution in [0, 0.1) is 0 Å². The molecular weight excluding hydrogens is 638 g/mol. The summed E-state index contributed by atoms with van der Waals surface area (Å²) in [4.78, 5) is 12.3. The number of alkyl carbamates (subject to hydrolysis) is 1. The van der Waals surface area contributed by atoms with Gasteiger partial charge in [0.25, 0.3) is 0 Å².